The number of H-pyrrole nitrogens is 2. The molecule has 5 aromatic rings. The van der Waals surface area contributed by atoms with Crippen molar-refractivity contribution in [1.29, 1.82) is 0 Å². The molecule has 4 heterocycles. The summed E-state index contributed by atoms with van der Waals surface area (Å²) in [4.78, 5) is 12.7. The van der Waals surface area contributed by atoms with Crippen LogP contribution in [-0.4, -0.2) is 33.0 Å². The van der Waals surface area contributed by atoms with Crippen LogP contribution in [0.15, 0.2) is 83.5 Å². The van der Waals surface area contributed by atoms with Gasteiger partial charge >= 0.3 is 0 Å². The number of rotatable bonds is 2. The molecule has 7 heteroatoms. The highest BCUT2D eigenvalue weighted by Crippen LogP contribution is 2.45. The lowest BCUT2D eigenvalue weighted by Crippen LogP contribution is -2.32. The van der Waals surface area contributed by atoms with E-state index in [1.54, 1.807) is 11.8 Å². The van der Waals surface area contributed by atoms with Crippen molar-refractivity contribution in [1.82, 2.24) is 15.2 Å². The van der Waals surface area contributed by atoms with Crippen LogP contribution in [0.1, 0.15) is 11.3 Å². The van der Waals surface area contributed by atoms with Gasteiger partial charge in [0, 0.05) is 35.6 Å². The second-order valence-corrected chi connectivity index (χ2v) is 9.43. The summed E-state index contributed by atoms with van der Waals surface area (Å²) < 4.78 is 0. The number of hydrogen-bond acceptors (Lipinski definition) is 5. The van der Waals surface area contributed by atoms with Gasteiger partial charge in [0.1, 0.15) is 10.7 Å². The van der Waals surface area contributed by atoms with Gasteiger partial charge in [0.2, 0.25) is 0 Å². The van der Waals surface area contributed by atoms with Crippen LogP contribution < -0.4 is 10.2 Å². The van der Waals surface area contributed by atoms with E-state index in [0.717, 1.165) is 57.3 Å². The van der Waals surface area contributed by atoms with E-state index in [4.69, 9.17) is 9.98 Å². The number of nitrogens with one attached hydrogen (secondary N) is 3. The van der Waals surface area contributed by atoms with E-state index in [9.17, 15) is 0 Å². The van der Waals surface area contributed by atoms with Gasteiger partial charge in [-0.05, 0) is 36.1 Å². The fraction of sp³-hybridized carbons (Fsp3) is 0.111. The zero-order chi connectivity index (χ0) is 22.6. The number of nitrogens with zero attached hydrogens (tertiary/aromatic N) is 3. The summed E-state index contributed by atoms with van der Waals surface area (Å²) in [7, 11) is 0. The number of anilines is 2. The minimum absolute atomic E-state index is 0.760. The van der Waals surface area contributed by atoms with Crippen molar-refractivity contribution in [3.05, 3.63) is 89.8 Å². The van der Waals surface area contributed by atoms with Gasteiger partial charge in [0.15, 0.2) is 0 Å². The maximum atomic E-state index is 5.18. The highest BCUT2D eigenvalue weighted by atomic mass is 32.2. The first kappa shape index (κ1) is 19.5. The fourth-order valence-electron chi connectivity index (χ4n) is 5.00. The molecule has 0 radical (unpaired) electrons. The van der Waals surface area contributed by atoms with E-state index in [1.807, 2.05) is 18.3 Å². The Bertz CT molecular complexity index is 1630. The van der Waals surface area contributed by atoms with Crippen LogP contribution in [0.25, 0.3) is 27.5 Å². The van der Waals surface area contributed by atoms with Crippen LogP contribution in [-0.2, 0) is 6.54 Å². The maximum Gasteiger partial charge on any atom is 0.112 e. The van der Waals surface area contributed by atoms with Gasteiger partial charge in [-0.25, -0.2) is 9.98 Å². The molecule has 3 aromatic carbocycles. The Morgan fingerprint density at radius 2 is 1.88 bits per heavy atom. The van der Waals surface area contributed by atoms with Gasteiger partial charge in [0.05, 0.1) is 33.8 Å². The third kappa shape index (κ3) is 2.97. The molecule has 0 aliphatic carbocycles. The number of thioether (sulfide) groups is 1. The lowest BCUT2D eigenvalue weighted by molar-refractivity contribution is 0.851. The SMILES string of the molecule is CSC1=Nc2ccccc2NC2=C1CN(Cc1ccccc1)c1c2nc2cc3[nH][nH]cc3cc12. The lowest BCUT2D eigenvalue weighted by atomic mass is 10.0. The van der Waals surface area contributed by atoms with Gasteiger partial charge in [-0.1, -0.05) is 42.5 Å². The first-order valence-electron chi connectivity index (χ1n) is 11.3. The van der Waals surface area contributed by atoms with Gasteiger partial charge < -0.3 is 20.4 Å². The van der Waals surface area contributed by atoms with Crippen LogP contribution in [0, 0.1) is 0 Å². The molecule has 2 aliphatic heterocycles. The van der Waals surface area contributed by atoms with Gasteiger partial charge in [-0.3, -0.25) is 0 Å². The number of para-hydroxylation sites is 2. The molecule has 0 fully saturated rings. The normalized spacial score (nSPS) is 15.0. The quantitative estimate of drug-likeness (QED) is 0.288. The maximum absolute atomic E-state index is 5.18. The number of hydrogen-bond donors (Lipinski definition) is 3. The smallest absolute Gasteiger partial charge is 0.112 e. The first-order valence-corrected chi connectivity index (χ1v) is 12.5. The Morgan fingerprint density at radius 3 is 2.76 bits per heavy atom. The van der Waals surface area contributed by atoms with Gasteiger partial charge in [-0.15, -0.1) is 11.8 Å². The molecule has 3 N–H and O–H groups in total. The molecule has 7 rings (SSSR count). The minimum atomic E-state index is 0.760. The third-order valence-corrected chi connectivity index (χ3v) is 7.30. The van der Waals surface area contributed by atoms with Crippen LogP contribution in [0.4, 0.5) is 17.1 Å². The highest BCUT2D eigenvalue weighted by Gasteiger charge is 2.33. The molecule has 34 heavy (non-hydrogen) atoms. The zero-order valence-corrected chi connectivity index (χ0v) is 19.4. The van der Waals surface area contributed by atoms with Crippen molar-refractivity contribution in [2.45, 2.75) is 6.54 Å². The second kappa shape index (κ2) is 7.53. The van der Waals surface area contributed by atoms with Crippen molar-refractivity contribution < 1.29 is 0 Å². The molecule has 0 spiro atoms. The number of aliphatic imine (C=N–C) groups is 1. The van der Waals surface area contributed by atoms with Crippen LogP contribution in [0.3, 0.4) is 0 Å². The number of aromatic nitrogens is 3. The summed E-state index contributed by atoms with van der Waals surface area (Å²) in [6.45, 7) is 1.56. The summed E-state index contributed by atoms with van der Waals surface area (Å²) in [5.41, 5.74) is 9.69. The largest absolute Gasteiger partial charge is 0.360 e. The predicted octanol–water partition coefficient (Wildman–Crippen LogP) is 6.29. The van der Waals surface area contributed by atoms with E-state index in [-0.39, 0.29) is 0 Å². The Labute approximate surface area is 200 Å². The van der Waals surface area contributed by atoms with Crippen molar-refractivity contribution in [2.24, 2.45) is 4.99 Å². The molecule has 0 saturated carbocycles. The number of benzene rings is 3. The average molecular weight is 463 g/mol. The summed E-state index contributed by atoms with van der Waals surface area (Å²) in [5, 5.41) is 13.4. The number of fused-ring (bicyclic) bond motifs is 6. The van der Waals surface area contributed by atoms with Crippen molar-refractivity contribution in [2.75, 3.05) is 23.0 Å². The van der Waals surface area contributed by atoms with E-state index in [2.05, 4.69) is 81.3 Å². The van der Waals surface area contributed by atoms with Crippen molar-refractivity contribution >= 4 is 61.4 Å². The summed E-state index contributed by atoms with van der Waals surface area (Å²) in [6, 6.07) is 23.2. The Morgan fingerprint density at radius 1 is 1.03 bits per heavy atom. The van der Waals surface area contributed by atoms with Crippen LogP contribution in [0.2, 0.25) is 0 Å². The summed E-state index contributed by atoms with van der Waals surface area (Å²) >= 11 is 1.69. The topological polar surface area (TPSA) is 72.1 Å². The molecule has 2 aliphatic rings. The standard InChI is InChI=1S/C27H22N6S/c1-34-27-19-15-33(14-16-7-3-2-4-8-16)26-18-11-17-13-28-32-22(17)12-23(18)30-25(26)24(19)29-20-9-5-6-10-21(20)31-27/h2-13,28-29,32H,14-15H2,1H3. The van der Waals surface area contributed by atoms with E-state index < -0.39 is 0 Å². The highest BCUT2D eigenvalue weighted by molar-refractivity contribution is 8.13. The minimum Gasteiger partial charge on any atom is -0.360 e. The molecule has 0 unspecified atom stereocenters. The summed E-state index contributed by atoms with van der Waals surface area (Å²) in [5.74, 6) is 0. The van der Waals surface area contributed by atoms with Crippen molar-refractivity contribution in [3.63, 3.8) is 0 Å². The molecular formula is C27H22N6S. The van der Waals surface area contributed by atoms with Gasteiger partial charge in [0.25, 0.3) is 0 Å². The third-order valence-electron chi connectivity index (χ3n) is 6.57. The van der Waals surface area contributed by atoms with Crippen LogP contribution >= 0.6 is 11.8 Å². The molecule has 166 valence electrons. The summed E-state index contributed by atoms with van der Waals surface area (Å²) in [6.07, 6.45) is 4.10. The van der Waals surface area contributed by atoms with Gasteiger partial charge in [-0.2, -0.15) is 0 Å². The van der Waals surface area contributed by atoms with E-state index in [0.29, 0.717) is 0 Å². The Hall–Kier alpha value is -3.97. The Kier molecular flexibility index (Phi) is 4.32. The molecular weight excluding hydrogens is 440 g/mol. The molecule has 0 bridgehead atoms. The number of aromatic amines is 2. The molecule has 0 atom stereocenters. The van der Waals surface area contributed by atoms with E-state index in [1.165, 1.54) is 22.2 Å². The molecule has 6 nitrogen and oxygen atoms in total. The average Bonchev–Trinajstić information content (AvgIpc) is 3.43. The second-order valence-electron chi connectivity index (χ2n) is 8.64. The van der Waals surface area contributed by atoms with Crippen molar-refractivity contribution in [3.8, 4) is 0 Å². The lowest BCUT2D eigenvalue weighted by Gasteiger charge is -2.32. The van der Waals surface area contributed by atoms with Crippen LogP contribution in [0.5, 0.6) is 0 Å². The molecule has 2 aromatic heterocycles. The molecule has 0 saturated heterocycles. The monoisotopic (exact) mass is 462 g/mol. The molecule has 0 amide bonds. The van der Waals surface area contributed by atoms with E-state index >= 15 is 0 Å². The first-order chi connectivity index (χ1) is 16.8. The fourth-order valence-corrected chi connectivity index (χ4v) is 5.60. The Balaban J connectivity index is 1.48. The predicted molar refractivity (Wildman–Crippen MR) is 143 cm³/mol. The zero-order valence-electron chi connectivity index (χ0n) is 18.6.